The predicted octanol–water partition coefficient (Wildman–Crippen LogP) is 3.01. The molecule has 4 nitrogen and oxygen atoms in total. The van der Waals surface area contributed by atoms with Gasteiger partial charge in [-0.15, -0.1) is 11.3 Å². The van der Waals surface area contributed by atoms with Gasteiger partial charge in [0, 0.05) is 24.6 Å². The third kappa shape index (κ3) is 5.46. The zero-order valence-corrected chi connectivity index (χ0v) is 13.4. The van der Waals surface area contributed by atoms with Crippen molar-refractivity contribution < 1.29 is 9.53 Å². The van der Waals surface area contributed by atoms with Crippen LogP contribution < -0.4 is 5.32 Å². The van der Waals surface area contributed by atoms with E-state index in [9.17, 15) is 4.79 Å². The second kappa shape index (κ2) is 7.86. The smallest absolute Gasteiger partial charge is 0.271 e. The van der Waals surface area contributed by atoms with Crippen LogP contribution in [0.1, 0.15) is 35.6 Å². The average Bonchev–Trinajstić information content (AvgIpc) is 2.62. The Balaban J connectivity index is 2.20. The Morgan fingerprint density at radius 2 is 2.28 bits per heavy atom. The van der Waals surface area contributed by atoms with E-state index in [1.165, 1.54) is 11.3 Å². The molecular formula is C12H19BrN2O2S. The fourth-order valence-electron chi connectivity index (χ4n) is 1.35. The van der Waals surface area contributed by atoms with Crippen molar-refractivity contribution in [3.8, 4) is 0 Å². The van der Waals surface area contributed by atoms with Crippen LogP contribution in [0, 0.1) is 12.8 Å². The summed E-state index contributed by atoms with van der Waals surface area (Å²) in [5.41, 5.74) is 0.509. The number of aryl methyl sites for hydroxylation is 1. The Hall–Kier alpha value is -0.460. The van der Waals surface area contributed by atoms with Crippen LogP contribution in [0.2, 0.25) is 0 Å². The quantitative estimate of drug-likeness (QED) is 0.780. The number of hydrogen-bond donors (Lipinski definition) is 1. The highest BCUT2D eigenvalue weighted by molar-refractivity contribution is 9.11. The minimum atomic E-state index is -0.113. The van der Waals surface area contributed by atoms with Crippen LogP contribution in [-0.2, 0) is 4.74 Å². The molecule has 0 aromatic carbocycles. The van der Waals surface area contributed by atoms with E-state index < -0.39 is 0 Å². The van der Waals surface area contributed by atoms with Gasteiger partial charge in [-0.1, -0.05) is 13.8 Å². The van der Waals surface area contributed by atoms with E-state index >= 15 is 0 Å². The zero-order valence-electron chi connectivity index (χ0n) is 11.0. The van der Waals surface area contributed by atoms with E-state index in [0.29, 0.717) is 24.8 Å². The van der Waals surface area contributed by atoms with Gasteiger partial charge < -0.3 is 10.1 Å². The van der Waals surface area contributed by atoms with Gasteiger partial charge in [-0.3, -0.25) is 4.79 Å². The number of halogens is 1. The molecule has 1 rings (SSSR count). The molecule has 0 bridgehead atoms. The summed E-state index contributed by atoms with van der Waals surface area (Å²) in [5.74, 6) is 0.438. The van der Waals surface area contributed by atoms with Crippen LogP contribution in [0.25, 0.3) is 0 Å². The zero-order chi connectivity index (χ0) is 13.5. The SMILES string of the molecule is Cc1sc(Br)nc1C(=O)NCCCOCC(C)C. The highest BCUT2D eigenvalue weighted by atomic mass is 79.9. The van der Waals surface area contributed by atoms with Crippen LogP contribution in [0.5, 0.6) is 0 Å². The van der Waals surface area contributed by atoms with Crippen LogP contribution in [-0.4, -0.2) is 30.6 Å². The maximum atomic E-state index is 11.8. The summed E-state index contributed by atoms with van der Waals surface area (Å²) in [7, 11) is 0. The molecular weight excluding hydrogens is 316 g/mol. The second-order valence-electron chi connectivity index (χ2n) is 4.45. The second-order valence-corrected chi connectivity index (χ2v) is 6.93. The van der Waals surface area contributed by atoms with Gasteiger partial charge in [-0.25, -0.2) is 4.98 Å². The van der Waals surface area contributed by atoms with Crippen molar-refractivity contribution in [2.24, 2.45) is 5.92 Å². The third-order valence-corrected chi connectivity index (χ3v) is 3.61. The summed E-state index contributed by atoms with van der Waals surface area (Å²) in [4.78, 5) is 16.9. The highest BCUT2D eigenvalue weighted by Crippen LogP contribution is 2.21. The summed E-state index contributed by atoms with van der Waals surface area (Å²) in [6, 6.07) is 0. The monoisotopic (exact) mass is 334 g/mol. The molecule has 102 valence electrons. The number of rotatable bonds is 7. The number of carbonyl (C=O) groups is 1. The Labute approximate surface area is 120 Å². The van der Waals surface area contributed by atoms with E-state index in [1.54, 1.807) is 0 Å². The molecule has 0 aliphatic rings. The lowest BCUT2D eigenvalue weighted by Crippen LogP contribution is -2.26. The number of ether oxygens (including phenoxy) is 1. The van der Waals surface area contributed by atoms with E-state index in [0.717, 1.165) is 21.8 Å². The lowest BCUT2D eigenvalue weighted by molar-refractivity contribution is 0.0920. The maximum absolute atomic E-state index is 11.8. The van der Waals surface area contributed by atoms with Crippen LogP contribution in [0.4, 0.5) is 0 Å². The molecule has 1 heterocycles. The Morgan fingerprint density at radius 3 is 2.83 bits per heavy atom. The van der Waals surface area contributed by atoms with Gasteiger partial charge in [0.25, 0.3) is 5.91 Å². The number of amides is 1. The van der Waals surface area contributed by atoms with Crippen molar-refractivity contribution >= 4 is 33.2 Å². The molecule has 0 spiro atoms. The first kappa shape index (κ1) is 15.6. The van der Waals surface area contributed by atoms with Gasteiger partial charge >= 0.3 is 0 Å². The first-order chi connectivity index (χ1) is 8.50. The molecule has 0 saturated heterocycles. The first-order valence-electron chi connectivity index (χ1n) is 5.99. The molecule has 0 aliphatic carbocycles. The first-order valence-corrected chi connectivity index (χ1v) is 7.60. The molecule has 6 heteroatoms. The standard InChI is InChI=1S/C12H19BrN2O2S/c1-8(2)7-17-6-4-5-14-11(16)10-9(3)18-12(13)15-10/h8H,4-7H2,1-3H3,(H,14,16). The van der Waals surface area contributed by atoms with Gasteiger partial charge in [-0.05, 0) is 35.2 Å². The molecule has 0 atom stereocenters. The molecule has 0 saturated carbocycles. The molecule has 0 aliphatic heterocycles. The normalized spacial score (nSPS) is 10.9. The van der Waals surface area contributed by atoms with E-state index in [2.05, 4.69) is 40.1 Å². The van der Waals surface area contributed by atoms with Gasteiger partial charge in [0.1, 0.15) is 5.69 Å². The van der Waals surface area contributed by atoms with E-state index in [-0.39, 0.29) is 5.91 Å². The number of thiazole rings is 1. The molecule has 18 heavy (non-hydrogen) atoms. The summed E-state index contributed by atoms with van der Waals surface area (Å²) >= 11 is 4.74. The topological polar surface area (TPSA) is 51.2 Å². The Kier molecular flexibility index (Phi) is 6.81. The third-order valence-electron chi connectivity index (χ3n) is 2.19. The number of nitrogens with zero attached hydrogens (tertiary/aromatic N) is 1. The molecule has 1 aromatic heterocycles. The molecule has 1 aromatic rings. The van der Waals surface area contributed by atoms with Crippen molar-refractivity contribution in [3.63, 3.8) is 0 Å². The van der Waals surface area contributed by atoms with E-state index in [1.807, 2.05) is 6.92 Å². The summed E-state index contributed by atoms with van der Waals surface area (Å²) in [5, 5.41) is 2.85. The number of carbonyl (C=O) groups excluding carboxylic acids is 1. The Morgan fingerprint density at radius 1 is 1.56 bits per heavy atom. The van der Waals surface area contributed by atoms with Gasteiger partial charge in [0.2, 0.25) is 0 Å². The molecule has 1 N–H and O–H groups in total. The summed E-state index contributed by atoms with van der Waals surface area (Å²) in [6.07, 6.45) is 0.822. The predicted molar refractivity (Wildman–Crippen MR) is 77.2 cm³/mol. The highest BCUT2D eigenvalue weighted by Gasteiger charge is 2.13. The lowest BCUT2D eigenvalue weighted by atomic mass is 10.2. The van der Waals surface area contributed by atoms with Crippen molar-refractivity contribution in [2.75, 3.05) is 19.8 Å². The molecule has 0 fully saturated rings. The van der Waals surface area contributed by atoms with Crippen molar-refractivity contribution in [3.05, 3.63) is 14.5 Å². The molecule has 1 amide bonds. The van der Waals surface area contributed by atoms with Crippen molar-refractivity contribution in [1.29, 1.82) is 0 Å². The molecule has 0 unspecified atom stereocenters. The summed E-state index contributed by atoms with van der Waals surface area (Å²) < 4.78 is 6.18. The number of hydrogen-bond acceptors (Lipinski definition) is 4. The van der Waals surface area contributed by atoms with Gasteiger partial charge in [0.15, 0.2) is 3.92 Å². The fraction of sp³-hybridized carbons (Fsp3) is 0.667. The van der Waals surface area contributed by atoms with Crippen LogP contribution >= 0.6 is 27.3 Å². The minimum absolute atomic E-state index is 0.113. The van der Waals surface area contributed by atoms with Gasteiger partial charge in [0.05, 0.1) is 0 Å². The minimum Gasteiger partial charge on any atom is -0.381 e. The van der Waals surface area contributed by atoms with Crippen LogP contribution in [0.15, 0.2) is 3.92 Å². The maximum Gasteiger partial charge on any atom is 0.271 e. The number of aromatic nitrogens is 1. The number of nitrogens with one attached hydrogen (secondary N) is 1. The van der Waals surface area contributed by atoms with E-state index in [4.69, 9.17) is 4.74 Å². The van der Waals surface area contributed by atoms with Crippen molar-refractivity contribution in [2.45, 2.75) is 27.2 Å². The molecule has 0 radical (unpaired) electrons. The van der Waals surface area contributed by atoms with Crippen LogP contribution in [0.3, 0.4) is 0 Å². The summed E-state index contributed by atoms with van der Waals surface area (Å²) in [6.45, 7) is 8.19. The van der Waals surface area contributed by atoms with Gasteiger partial charge in [-0.2, -0.15) is 0 Å². The lowest BCUT2D eigenvalue weighted by Gasteiger charge is -2.07. The average molecular weight is 335 g/mol. The Bertz CT molecular complexity index is 393. The van der Waals surface area contributed by atoms with Crippen molar-refractivity contribution in [1.82, 2.24) is 10.3 Å². The fourth-order valence-corrected chi connectivity index (χ4v) is 2.88. The largest absolute Gasteiger partial charge is 0.381 e.